The number of hydrogen-bond donors (Lipinski definition) is 0. The Hall–Kier alpha value is -2.50. The van der Waals surface area contributed by atoms with Crippen LogP contribution in [-0.2, 0) is 6.42 Å². The van der Waals surface area contributed by atoms with Gasteiger partial charge in [0.25, 0.3) is 0 Å². The highest BCUT2D eigenvalue weighted by Gasteiger charge is 2.21. The predicted octanol–water partition coefficient (Wildman–Crippen LogP) is 3.33. The summed E-state index contributed by atoms with van der Waals surface area (Å²) in [5, 5.41) is 0. The van der Waals surface area contributed by atoms with Crippen molar-refractivity contribution in [3.05, 3.63) is 23.9 Å². The van der Waals surface area contributed by atoms with Crippen molar-refractivity contribution >= 4 is 5.95 Å². The van der Waals surface area contributed by atoms with Crippen LogP contribution in [0.1, 0.15) is 25.5 Å². The third-order valence-electron chi connectivity index (χ3n) is 4.50. The molecule has 0 atom stereocenters. The first kappa shape index (κ1) is 17.3. The predicted molar refractivity (Wildman–Crippen MR) is 97.9 cm³/mol. The summed E-state index contributed by atoms with van der Waals surface area (Å²) < 4.78 is 16.5. The molecule has 3 rings (SSSR count). The largest absolute Gasteiger partial charge is 0.493 e. The molecule has 0 unspecified atom stereocenters. The van der Waals surface area contributed by atoms with Gasteiger partial charge < -0.3 is 19.1 Å². The van der Waals surface area contributed by atoms with E-state index in [4.69, 9.17) is 24.2 Å². The van der Waals surface area contributed by atoms with E-state index in [0.717, 1.165) is 42.4 Å². The minimum atomic E-state index is 0.571. The van der Waals surface area contributed by atoms with Gasteiger partial charge in [0.2, 0.25) is 11.7 Å². The van der Waals surface area contributed by atoms with E-state index in [1.165, 1.54) is 12.8 Å². The van der Waals surface area contributed by atoms with E-state index in [1.54, 1.807) is 21.3 Å². The Morgan fingerprint density at radius 3 is 2.28 bits per heavy atom. The number of rotatable bonds is 6. The molecule has 0 amide bonds. The van der Waals surface area contributed by atoms with Crippen molar-refractivity contribution < 1.29 is 14.2 Å². The van der Waals surface area contributed by atoms with Gasteiger partial charge in [0.1, 0.15) is 0 Å². The van der Waals surface area contributed by atoms with Gasteiger partial charge in [0.15, 0.2) is 11.5 Å². The summed E-state index contributed by atoms with van der Waals surface area (Å²) in [5.74, 6) is 2.62. The summed E-state index contributed by atoms with van der Waals surface area (Å²) in [7, 11) is 4.85. The van der Waals surface area contributed by atoms with Crippen LogP contribution in [0.2, 0.25) is 0 Å². The fraction of sp³-hybridized carbons (Fsp3) is 0.474. The van der Waals surface area contributed by atoms with Gasteiger partial charge in [-0.1, -0.05) is 6.92 Å². The molecular weight excluding hydrogens is 318 g/mol. The van der Waals surface area contributed by atoms with Crippen molar-refractivity contribution in [2.45, 2.75) is 26.2 Å². The average molecular weight is 343 g/mol. The average Bonchev–Trinajstić information content (AvgIpc) is 3.20. The number of ether oxygens (including phenoxy) is 3. The molecular formula is C19H25N3O3. The molecule has 1 aliphatic heterocycles. The highest BCUT2D eigenvalue weighted by atomic mass is 16.5. The van der Waals surface area contributed by atoms with Gasteiger partial charge in [-0.25, -0.2) is 9.97 Å². The molecule has 1 saturated heterocycles. The van der Waals surface area contributed by atoms with Crippen molar-refractivity contribution in [2.75, 3.05) is 39.3 Å². The fourth-order valence-corrected chi connectivity index (χ4v) is 3.16. The number of methoxy groups -OCH3 is 3. The number of benzene rings is 1. The molecule has 0 spiro atoms. The van der Waals surface area contributed by atoms with Crippen LogP contribution in [0.4, 0.5) is 5.95 Å². The van der Waals surface area contributed by atoms with Crippen LogP contribution >= 0.6 is 0 Å². The normalized spacial score (nSPS) is 13.8. The van der Waals surface area contributed by atoms with Crippen LogP contribution in [0.5, 0.6) is 17.2 Å². The molecule has 0 saturated carbocycles. The number of nitrogens with zero attached hydrogens (tertiary/aromatic N) is 3. The van der Waals surface area contributed by atoms with E-state index in [-0.39, 0.29) is 0 Å². The molecule has 6 heteroatoms. The first-order valence-corrected chi connectivity index (χ1v) is 8.64. The Morgan fingerprint density at radius 1 is 0.960 bits per heavy atom. The van der Waals surface area contributed by atoms with Gasteiger partial charge >= 0.3 is 0 Å². The van der Waals surface area contributed by atoms with Gasteiger partial charge in [-0.3, -0.25) is 0 Å². The van der Waals surface area contributed by atoms with E-state index >= 15 is 0 Å². The lowest BCUT2D eigenvalue weighted by Crippen LogP contribution is -2.21. The van der Waals surface area contributed by atoms with Crippen molar-refractivity contribution in [3.8, 4) is 28.5 Å². The Kier molecular flexibility index (Phi) is 5.26. The number of aryl methyl sites for hydroxylation is 1. The van der Waals surface area contributed by atoms with Crippen molar-refractivity contribution in [2.24, 2.45) is 0 Å². The summed E-state index contributed by atoms with van der Waals surface area (Å²) >= 11 is 0. The molecule has 1 aromatic carbocycles. The molecule has 0 radical (unpaired) electrons. The maximum Gasteiger partial charge on any atom is 0.226 e. The van der Waals surface area contributed by atoms with E-state index in [9.17, 15) is 0 Å². The highest BCUT2D eigenvalue weighted by Crippen LogP contribution is 2.44. The molecule has 0 aliphatic carbocycles. The monoisotopic (exact) mass is 343 g/mol. The van der Waals surface area contributed by atoms with E-state index in [2.05, 4.69) is 11.8 Å². The Morgan fingerprint density at radius 2 is 1.68 bits per heavy atom. The molecule has 6 nitrogen and oxygen atoms in total. The van der Waals surface area contributed by atoms with Crippen LogP contribution < -0.4 is 19.1 Å². The second-order valence-electron chi connectivity index (χ2n) is 5.97. The lowest BCUT2D eigenvalue weighted by atomic mass is 10.1. The lowest BCUT2D eigenvalue weighted by molar-refractivity contribution is 0.325. The van der Waals surface area contributed by atoms with Gasteiger partial charge in [-0.15, -0.1) is 0 Å². The molecule has 1 aromatic heterocycles. The second kappa shape index (κ2) is 7.59. The van der Waals surface area contributed by atoms with Gasteiger partial charge in [0, 0.05) is 24.3 Å². The van der Waals surface area contributed by atoms with E-state index < -0.39 is 0 Å². The van der Waals surface area contributed by atoms with Crippen molar-refractivity contribution in [1.82, 2.24) is 9.97 Å². The Labute approximate surface area is 148 Å². The zero-order valence-electron chi connectivity index (χ0n) is 15.3. The standard InChI is InChI=1S/C19H25N3O3/c1-5-13-12-15(21-19(20-13)22-10-6-7-11-22)14-8-9-16(23-2)18(25-4)17(14)24-3/h8-9,12H,5-7,10-11H2,1-4H3. The zero-order chi connectivity index (χ0) is 17.8. The molecule has 1 aliphatic rings. The van der Waals surface area contributed by atoms with Crippen molar-refractivity contribution in [3.63, 3.8) is 0 Å². The van der Waals surface area contributed by atoms with Gasteiger partial charge in [-0.05, 0) is 37.5 Å². The van der Waals surface area contributed by atoms with Crippen LogP contribution in [0.15, 0.2) is 18.2 Å². The summed E-state index contributed by atoms with van der Waals surface area (Å²) in [4.78, 5) is 11.8. The number of anilines is 1. The second-order valence-corrected chi connectivity index (χ2v) is 5.97. The summed E-state index contributed by atoms with van der Waals surface area (Å²) in [5.41, 5.74) is 2.73. The fourth-order valence-electron chi connectivity index (χ4n) is 3.16. The van der Waals surface area contributed by atoms with Crippen LogP contribution in [0.3, 0.4) is 0 Å². The Bertz CT molecular complexity index is 743. The molecule has 0 N–H and O–H groups in total. The zero-order valence-corrected chi connectivity index (χ0v) is 15.3. The molecule has 134 valence electrons. The first-order valence-electron chi connectivity index (χ1n) is 8.64. The van der Waals surface area contributed by atoms with Gasteiger partial charge in [0.05, 0.1) is 27.0 Å². The quantitative estimate of drug-likeness (QED) is 0.802. The summed E-state index contributed by atoms with van der Waals surface area (Å²) in [6.45, 7) is 4.12. The maximum absolute atomic E-state index is 5.62. The molecule has 25 heavy (non-hydrogen) atoms. The minimum Gasteiger partial charge on any atom is -0.493 e. The smallest absolute Gasteiger partial charge is 0.226 e. The lowest BCUT2D eigenvalue weighted by Gasteiger charge is -2.19. The number of aromatic nitrogens is 2. The summed E-state index contributed by atoms with van der Waals surface area (Å²) in [6.07, 6.45) is 3.23. The maximum atomic E-state index is 5.62. The van der Waals surface area contributed by atoms with Crippen LogP contribution in [-0.4, -0.2) is 44.4 Å². The van der Waals surface area contributed by atoms with Gasteiger partial charge in [-0.2, -0.15) is 0 Å². The third-order valence-corrected chi connectivity index (χ3v) is 4.50. The van der Waals surface area contributed by atoms with Crippen molar-refractivity contribution in [1.29, 1.82) is 0 Å². The van der Waals surface area contributed by atoms with E-state index in [0.29, 0.717) is 17.2 Å². The minimum absolute atomic E-state index is 0.571. The SMILES string of the molecule is CCc1cc(-c2ccc(OC)c(OC)c2OC)nc(N2CCCC2)n1. The first-order chi connectivity index (χ1) is 12.2. The van der Waals surface area contributed by atoms with Crippen LogP contribution in [0.25, 0.3) is 11.3 Å². The van der Waals surface area contributed by atoms with E-state index in [1.807, 2.05) is 18.2 Å². The Balaban J connectivity index is 2.13. The highest BCUT2D eigenvalue weighted by molar-refractivity contribution is 5.75. The topological polar surface area (TPSA) is 56.7 Å². The molecule has 2 heterocycles. The summed E-state index contributed by atoms with van der Waals surface area (Å²) in [6, 6.07) is 5.85. The number of hydrogen-bond acceptors (Lipinski definition) is 6. The van der Waals surface area contributed by atoms with Crippen LogP contribution in [0, 0.1) is 0 Å². The molecule has 1 fully saturated rings. The molecule has 2 aromatic rings. The molecule has 0 bridgehead atoms. The third kappa shape index (κ3) is 3.34.